The summed E-state index contributed by atoms with van der Waals surface area (Å²) in [7, 11) is -3.46. The minimum absolute atomic E-state index is 0.0566. The van der Waals surface area contributed by atoms with Crippen molar-refractivity contribution in [2.24, 2.45) is 5.92 Å². The van der Waals surface area contributed by atoms with E-state index >= 15 is 0 Å². The van der Waals surface area contributed by atoms with Crippen LogP contribution in [0.25, 0.3) is 0 Å². The Hall–Kier alpha value is -0.620. The third kappa shape index (κ3) is 2.18. The van der Waals surface area contributed by atoms with Gasteiger partial charge in [-0.15, -0.1) is 0 Å². The molecule has 4 nitrogen and oxygen atoms in total. The molecule has 2 saturated heterocycles. The van der Waals surface area contributed by atoms with Gasteiger partial charge in [-0.25, -0.2) is 8.42 Å². The van der Waals surface area contributed by atoms with Crippen molar-refractivity contribution in [2.75, 3.05) is 13.1 Å². The van der Waals surface area contributed by atoms with Crippen molar-refractivity contribution in [1.29, 1.82) is 0 Å². The normalized spacial score (nSPS) is 31.6. The summed E-state index contributed by atoms with van der Waals surface area (Å²) in [5.74, 6) is 0.434. The molecule has 2 aliphatic heterocycles. The van der Waals surface area contributed by atoms with Crippen LogP contribution in [0.3, 0.4) is 0 Å². The molecule has 2 fully saturated rings. The Morgan fingerprint density at radius 3 is 2.89 bits per heavy atom. The summed E-state index contributed by atoms with van der Waals surface area (Å²) >= 11 is 5.91. The maximum absolute atomic E-state index is 12.8. The first-order valence-electron chi connectivity index (χ1n) is 6.50. The lowest BCUT2D eigenvalue weighted by molar-refractivity contribution is 0.336. The van der Waals surface area contributed by atoms with Gasteiger partial charge in [0.15, 0.2) is 0 Å². The number of benzene rings is 1. The highest BCUT2D eigenvalue weighted by Crippen LogP contribution is 2.36. The minimum atomic E-state index is -3.46. The number of rotatable bonds is 2. The summed E-state index contributed by atoms with van der Waals surface area (Å²) in [4.78, 5) is 0.291. The molecule has 3 unspecified atom stereocenters. The van der Waals surface area contributed by atoms with Crippen molar-refractivity contribution in [3.8, 4) is 0 Å². The van der Waals surface area contributed by atoms with Crippen molar-refractivity contribution in [3.05, 3.63) is 29.3 Å². The smallest absolute Gasteiger partial charge is 0.243 e. The van der Waals surface area contributed by atoms with Crippen LogP contribution in [0, 0.1) is 5.92 Å². The summed E-state index contributed by atoms with van der Waals surface area (Å²) in [6, 6.07) is 6.65. The molecule has 0 aromatic heterocycles. The van der Waals surface area contributed by atoms with Gasteiger partial charge in [-0.3, -0.25) is 0 Å². The second-order valence-electron chi connectivity index (χ2n) is 5.36. The maximum Gasteiger partial charge on any atom is 0.243 e. The van der Waals surface area contributed by atoms with Crippen LogP contribution in [0.15, 0.2) is 29.2 Å². The first-order valence-corrected chi connectivity index (χ1v) is 8.32. The zero-order chi connectivity index (χ0) is 13.6. The zero-order valence-corrected chi connectivity index (χ0v) is 12.3. The van der Waals surface area contributed by atoms with Gasteiger partial charge in [-0.2, -0.15) is 4.31 Å². The van der Waals surface area contributed by atoms with Gasteiger partial charge in [0, 0.05) is 23.7 Å². The number of nitrogens with zero attached hydrogens (tertiary/aromatic N) is 1. The Balaban J connectivity index is 2.00. The predicted molar refractivity (Wildman–Crippen MR) is 74.7 cm³/mol. The molecule has 2 aliphatic rings. The Bertz CT molecular complexity index is 590. The van der Waals surface area contributed by atoms with E-state index in [1.807, 2.05) is 6.92 Å². The van der Waals surface area contributed by atoms with Gasteiger partial charge in [0.05, 0.1) is 4.90 Å². The van der Waals surface area contributed by atoms with E-state index in [9.17, 15) is 8.42 Å². The van der Waals surface area contributed by atoms with E-state index in [1.54, 1.807) is 22.5 Å². The Morgan fingerprint density at radius 1 is 1.37 bits per heavy atom. The fourth-order valence-electron chi connectivity index (χ4n) is 3.29. The average Bonchev–Trinajstić information content (AvgIpc) is 2.88. The molecule has 0 saturated carbocycles. The van der Waals surface area contributed by atoms with Crippen molar-refractivity contribution >= 4 is 21.6 Å². The molecule has 1 aromatic carbocycles. The van der Waals surface area contributed by atoms with Crippen LogP contribution in [-0.4, -0.2) is 37.9 Å². The summed E-state index contributed by atoms with van der Waals surface area (Å²) in [6.45, 7) is 3.64. The molecule has 0 aliphatic carbocycles. The van der Waals surface area contributed by atoms with E-state index in [4.69, 9.17) is 11.6 Å². The third-order valence-corrected chi connectivity index (χ3v) is 6.35. The Morgan fingerprint density at radius 2 is 2.16 bits per heavy atom. The summed E-state index contributed by atoms with van der Waals surface area (Å²) in [5, 5.41) is 3.73. The molecule has 2 heterocycles. The van der Waals surface area contributed by atoms with Gasteiger partial charge >= 0.3 is 0 Å². The number of fused-ring (bicyclic) bond motifs is 1. The van der Waals surface area contributed by atoms with E-state index in [0.717, 1.165) is 19.5 Å². The highest BCUT2D eigenvalue weighted by atomic mass is 35.5. The van der Waals surface area contributed by atoms with Crippen LogP contribution >= 0.6 is 11.6 Å². The largest absolute Gasteiger partial charge is 0.315 e. The van der Waals surface area contributed by atoms with Crippen LogP contribution in [0.4, 0.5) is 0 Å². The van der Waals surface area contributed by atoms with E-state index in [-0.39, 0.29) is 12.1 Å². The molecule has 3 rings (SSSR count). The highest BCUT2D eigenvalue weighted by Gasteiger charge is 2.47. The number of hydrogen-bond acceptors (Lipinski definition) is 3. The molecule has 0 amide bonds. The maximum atomic E-state index is 12.8. The lowest BCUT2D eigenvalue weighted by atomic mass is 10.0. The van der Waals surface area contributed by atoms with Gasteiger partial charge in [0.25, 0.3) is 0 Å². The molecule has 3 atom stereocenters. The lowest BCUT2D eigenvalue weighted by Crippen LogP contribution is -2.42. The number of sulfonamides is 1. The fourth-order valence-corrected chi connectivity index (χ4v) is 5.48. The molecule has 19 heavy (non-hydrogen) atoms. The van der Waals surface area contributed by atoms with Crippen molar-refractivity contribution in [3.63, 3.8) is 0 Å². The van der Waals surface area contributed by atoms with Crippen molar-refractivity contribution in [1.82, 2.24) is 9.62 Å². The molecule has 104 valence electrons. The topological polar surface area (TPSA) is 49.4 Å². The van der Waals surface area contributed by atoms with E-state index < -0.39 is 10.0 Å². The van der Waals surface area contributed by atoms with Crippen molar-refractivity contribution < 1.29 is 8.42 Å². The summed E-state index contributed by atoms with van der Waals surface area (Å²) in [5.41, 5.74) is 0. The Labute approximate surface area is 118 Å². The van der Waals surface area contributed by atoms with E-state index in [2.05, 4.69) is 5.32 Å². The van der Waals surface area contributed by atoms with Crippen LogP contribution in [0.2, 0.25) is 5.02 Å². The standard InChI is InChI=1S/C13H17ClN2O2S/c1-9-5-10-7-15-8-13(10)16(9)19(17,18)12-4-2-3-11(14)6-12/h2-4,6,9-10,13,15H,5,7-8H2,1H3. The van der Waals surface area contributed by atoms with Gasteiger partial charge in [0.2, 0.25) is 10.0 Å². The molecule has 0 radical (unpaired) electrons. The molecule has 0 bridgehead atoms. The van der Waals surface area contributed by atoms with E-state index in [0.29, 0.717) is 15.8 Å². The number of halogens is 1. The van der Waals surface area contributed by atoms with Gasteiger partial charge < -0.3 is 5.32 Å². The molecule has 1 aromatic rings. The molecule has 0 spiro atoms. The highest BCUT2D eigenvalue weighted by molar-refractivity contribution is 7.89. The molecule has 6 heteroatoms. The van der Waals surface area contributed by atoms with Crippen LogP contribution in [0.1, 0.15) is 13.3 Å². The summed E-state index contributed by atoms with van der Waals surface area (Å²) in [6.07, 6.45) is 0.928. The number of nitrogens with one attached hydrogen (secondary N) is 1. The predicted octanol–water partition coefficient (Wildman–Crippen LogP) is 1.71. The molecule has 1 N–H and O–H groups in total. The summed E-state index contributed by atoms with van der Waals surface area (Å²) < 4.78 is 27.2. The van der Waals surface area contributed by atoms with E-state index in [1.165, 1.54) is 6.07 Å². The fraction of sp³-hybridized carbons (Fsp3) is 0.538. The first kappa shape index (κ1) is 13.4. The van der Waals surface area contributed by atoms with Gasteiger partial charge in [-0.1, -0.05) is 17.7 Å². The second-order valence-corrected chi connectivity index (χ2v) is 7.64. The Kier molecular flexibility index (Phi) is 3.33. The quantitative estimate of drug-likeness (QED) is 0.904. The monoisotopic (exact) mass is 300 g/mol. The average molecular weight is 301 g/mol. The van der Waals surface area contributed by atoms with Gasteiger partial charge in [-0.05, 0) is 44.0 Å². The van der Waals surface area contributed by atoms with Gasteiger partial charge in [0.1, 0.15) is 0 Å². The van der Waals surface area contributed by atoms with Crippen molar-refractivity contribution in [2.45, 2.75) is 30.3 Å². The minimum Gasteiger partial charge on any atom is -0.315 e. The third-order valence-electron chi connectivity index (χ3n) is 4.08. The number of hydrogen-bond donors (Lipinski definition) is 1. The lowest BCUT2D eigenvalue weighted by Gasteiger charge is -2.26. The second kappa shape index (κ2) is 4.74. The van der Waals surface area contributed by atoms with Crippen LogP contribution in [-0.2, 0) is 10.0 Å². The first-order chi connectivity index (χ1) is 9.00. The molecular weight excluding hydrogens is 284 g/mol. The zero-order valence-electron chi connectivity index (χ0n) is 10.7. The molecular formula is C13H17ClN2O2S. The van der Waals surface area contributed by atoms with Crippen LogP contribution in [0.5, 0.6) is 0 Å². The van der Waals surface area contributed by atoms with Crippen LogP contribution < -0.4 is 5.32 Å². The SMILES string of the molecule is CC1CC2CNCC2N1S(=O)(=O)c1cccc(Cl)c1.